The minimum atomic E-state index is -0.307. The third kappa shape index (κ3) is 2.58. The first-order chi connectivity index (χ1) is 9.65. The van der Waals surface area contributed by atoms with E-state index in [1.165, 1.54) is 5.56 Å². The molecule has 0 saturated carbocycles. The Kier molecular flexibility index (Phi) is 3.77. The summed E-state index contributed by atoms with van der Waals surface area (Å²) in [6, 6.07) is 11.7. The van der Waals surface area contributed by atoms with E-state index in [0.29, 0.717) is 29.7 Å². The first-order valence-electron chi connectivity index (χ1n) is 6.45. The fourth-order valence-corrected chi connectivity index (χ4v) is 2.83. The molecule has 1 unspecified atom stereocenters. The minimum absolute atomic E-state index is 0.307. The average molecular weight is 309 g/mol. The van der Waals surface area contributed by atoms with Crippen LogP contribution in [0.5, 0.6) is 11.5 Å². The molecule has 0 aromatic heterocycles. The van der Waals surface area contributed by atoms with Crippen LogP contribution in [0.2, 0.25) is 5.02 Å². The molecule has 0 N–H and O–H groups in total. The number of benzene rings is 2. The van der Waals surface area contributed by atoms with Crippen LogP contribution in [0.4, 0.5) is 0 Å². The van der Waals surface area contributed by atoms with Crippen molar-refractivity contribution in [3.05, 3.63) is 58.1 Å². The van der Waals surface area contributed by atoms with Crippen LogP contribution in [0, 0.1) is 6.92 Å². The zero-order valence-electron chi connectivity index (χ0n) is 11.0. The molecule has 0 amide bonds. The van der Waals surface area contributed by atoms with Crippen LogP contribution in [-0.4, -0.2) is 13.2 Å². The van der Waals surface area contributed by atoms with Gasteiger partial charge in [0.25, 0.3) is 0 Å². The molecule has 2 aromatic carbocycles. The summed E-state index contributed by atoms with van der Waals surface area (Å²) in [5.41, 5.74) is 3.04. The van der Waals surface area contributed by atoms with Crippen LogP contribution in [0.15, 0.2) is 36.4 Å². The van der Waals surface area contributed by atoms with Gasteiger partial charge in [-0.1, -0.05) is 41.4 Å². The molecule has 0 bridgehead atoms. The lowest BCUT2D eigenvalue weighted by Crippen LogP contribution is -2.15. The average Bonchev–Trinajstić information content (AvgIpc) is 2.46. The largest absolute Gasteiger partial charge is 0.486 e. The first-order valence-corrected chi connectivity index (χ1v) is 7.26. The molecule has 0 saturated heterocycles. The van der Waals surface area contributed by atoms with Crippen molar-refractivity contribution in [3.8, 4) is 11.5 Å². The molecule has 2 nitrogen and oxygen atoms in total. The smallest absolute Gasteiger partial charge is 0.162 e. The van der Waals surface area contributed by atoms with E-state index in [9.17, 15) is 0 Å². The SMILES string of the molecule is Cc1ccc(C(Cl)c2cc3c(cc2Cl)OCCO3)cc1. The zero-order valence-corrected chi connectivity index (χ0v) is 12.5. The Morgan fingerprint density at radius 1 is 1.00 bits per heavy atom. The molecular weight excluding hydrogens is 295 g/mol. The Labute approximate surface area is 128 Å². The van der Waals surface area contributed by atoms with Gasteiger partial charge < -0.3 is 9.47 Å². The number of aryl methyl sites for hydroxylation is 1. The van der Waals surface area contributed by atoms with Crippen LogP contribution in [-0.2, 0) is 0 Å². The number of alkyl halides is 1. The fraction of sp³-hybridized carbons (Fsp3) is 0.250. The normalized spacial score (nSPS) is 14.9. The summed E-state index contributed by atoms with van der Waals surface area (Å²) in [6.45, 7) is 3.14. The van der Waals surface area contributed by atoms with Gasteiger partial charge in [0.15, 0.2) is 11.5 Å². The van der Waals surface area contributed by atoms with Gasteiger partial charge in [0.05, 0.1) is 5.38 Å². The minimum Gasteiger partial charge on any atom is -0.486 e. The Morgan fingerprint density at radius 2 is 1.60 bits per heavy atom. The maximum absolute atomic E-state index is 6.55. The van der Waals surface area contributed by atoms with E-state index in [0.717, 1.165) is 11.1 Å². The predicted octanol–water partition coefficient (Wildman–Crippen LogP) is 4.75. The topological polar surface area (TPSA) is 18.5 Å². The summed E-state index contributed by atoms with van der Waals surface area (Å²) in [5, 5.41) is 0.286. The predicted molar refractivity (Wildman–Crippen MR) is 81.3 cm³/mol. The van der Waals surface area contributed by atoms with Crippen molar-refractivity contribution in [1.29, 1.82) is 0 Å². The highest BCUT2D eigenvalue weighted by Gasteiger charge is 2.20. The lowest BCUT2D eigenvalue weighted by atomic mass is 10.0. The van der Waals surface area contributed by atoms with Crippen molar-refractivity contribution in [2.75, 3.05) is 13.2 Å². The number of halogens is 2. The van der Waals surface area contributed by atoms with Crippen LogP contribution in [0.1, 0.15) is 22.1 Å². The summed E-state index contributed by atoms with van der Waals surface area (Å²) in [4.78, 5) is 0. The van der Waals surface area contributed by atoms with Gasteiger partial charge >= 0.3 is 0 Å². The second-order valence-corrected chi connectivity index (χ2v) is 5.63. The van der Waals surface area contributed by atoms with Crippen molar-refractivity contribution < 1.29 is 9.47 Å². The zero-order chi connectivity index (χ0) is 14.1. The Morgan fingerprint density at radius 3 is 2.25 bits per heavy atom. The van der Waals surface area contributed by atoms with E-state index < -0.39 is 0 Å². The third-order valence-corrected chi connectivity index (χ3v) is 4.12. The van der Waals surface area contributed by atoms with E-state index in [1.54, 1.807) is 6.07 Å². The summed E-state index contributed by atoms with van der Waals surface area (Å²) in [6.07, 6.45) is 0. The lowest BCUT2D eigenvalue weighted by molar-refractivity contribution is 0.171. The highest BCUT2D eigenvalue weighted by atomic mass is 35.5. The van der Waals surface area contributed by atoms with Gasteiger partial charge in [0.1, 0.15) is 13.2 Å². The molecule has 2 aromatic rings. The van der Waals surface area contributed by atoms with Crippen molar-refractivity contribution in [2.45, 2.75) is 12.3 Å². The fourth-order valence-electron chi connectivity index (χ4n) is 2.19. The van der Waals surface area contributed by atoms with Gasteiger partial charge in [-0.15, -0.1) is 11.6 Å². The molecule has 0 aliphatic carbocycles. The molecule has 3 rings (SSSR count). The number of fused-ring (bicyclic) bond motifs is 1. The third-order valence-electron chi connectivity index (χ3n) is 3.30. The van der Waals surface area contributed by atoms with Crippen molar-refractivity contribution in [3.63, 3.8) is 0 Å². The van der Waals surface area contributed by atoms with E-state index >= 15 is 0 Å². The van der Waals surface area contributed by atoms with E-state index in [-0.39, 0.29) is 5.38 Å². The number of ether oxygens (including phenoxy) is 2. The highest BCUT2D eigenvalue weighted by molar-refractivity contribution is 6.33. The van der Waals surface area contributed by atoms with E-state index in [4.69, 9.17) is 32.7 Å². The molecule has 1 atom stereocenters. The Hall–Kier alpha value is -1.38. The molecule has 4 heteroatoms. The second-order valence-electron chi connectivity index (χ2n) is 4.79. The van der Waals surface area contributed by atoms with Gasteiger partial charge in [-0.25, -0.2) is 0 Å². The molecule has 20 heavy (non-hydrogen) atoms. The molecule has 1 aliphatic rings. The summed E-state index contributed by atoms with van der Waals surface area (Å²) in [5.74, 6) is 1.38. The Bertz CT molecular complexity index is 623. The quantitative estimate of drug-likeness (QED) is 0.745. The number of hydrogen-bond acceptors (Lipinski definition) is 2. The van der Waals surface area contributed by atoms with Crippen molar-refractivity contribution in [2.24, 2.45) is 0 Å². The number of hydrogen-bond donors (Lipinski definition) is 0. The Balaban J connectivity index is 1.98. The van der Waals surface area contributed by atoms with Gasteiger partial charge in [-0.2, -0.15) is 0 Å². The highest BCUT2D eigenvalue weighted by Crippen LogP contribution is 2.41. The van der Waals surface area contributed by atoms with Gasteiger partial charge in [0, 0.05) is 11.1 Å². The van der Waals surface area contributed by atoms with E-state index in [2.05, 4.69) is 0 Å². The molecule has 0 radical (unpaired) electrons. The molecular formula is C16H14Cl2O2. The van der Waals surface area contributed by atoms with Crippen LogP contribution in [0.3, 0.4) is 0 Å². The molecule has 104 valence electrons. The van der Waals surface area contributed by atoms with Gasteiger partial charge in [-0.3, -0.25) is 0 Å². The van der Waals surface area contributed by atoms with Gasteiger partial charge in [-0.05, 0) is 24.1 Å². The van der Waals surface area contributed by atoms with Crippen molar-refractivity contribution >= 4 is 23.2 Å². The molecule has 0 spiro atoms. The van der Waals surface area contributed by atoms with Crippen LogP contribution >= 0.6 is 23.2 Å². The first kappa shape index (κ1) is 13.6. The van der Waals surface area contributed by atoms with Crippen LogP contribution < -0.4 is 9.47 Å². The van der Waals surface area contributed by atoms with Crippen molar-refractivity contribution in [1.82, 2.24) is 0 Å². The summed E-state index contributed by atoms with van der Waals surface area (Å²) in [7, 11) is 0. The molecule has 1 heterocycles. The maximum Gasteiger partial charge on any atom is 0.162 e. The second kappa shape index (κ2) is 5.55. The van der Waals surface area contributed by atoms with Gasteiger partial charge in [0.2, 0.25) is 0 Å². The monoisotopic (exact) mass is 308 g/mol. The maximum atomic E-state index is 6.55. The van der Waals surface area contributed by atoms with E-state index in [1.807, 2.05) is 37.3 Å². The standard InChI is InChI=1S/C16H14Cl2O2/c1-10-2-4-11(5-3-10)16(18)12-8-14-15(9-13(12)17)20-7-6-19-14/h2-5,8-9,16H,6-7H2,1H3. The van der Waals surface area contributed by atoms with Crippen LogP contribution in [0.25, 0.3) is 0 Å². The summed E-state index contributed by atoms with van der Waals surface area (Å²) < 4.78 is 11.1. The lowest BCUT2D eigenvalue weighted by Gasteiger charge is -2.21. The summed E-state index contributed by atoms with van der Waals surface area (Å²) >= 11 is 12.9. The number of rotatable bonds is 2. The molecule has 0 fully saturated rings. The molecule has 1 aliphatic heterocycles.